The van der Waals surface area contributed by atoms with E-state index in [4.69, 9.17) is 10.5 Å². The van der Waals surface area contributed by atoms with Crippen LogP contribution >= 0.6 is 12.4 Å². The zero-order valence-electron chi connectivity index (χ0n) is 11.1. The van der Waals surface area contributed by atoms with Crippen molar-refractivity contribution in [3.05, 3.63) is 0 Å². The molecule has 0 bridgehead atoms. The molecule has 1 aliphatic heterocycles. The molecule has 17 heavy (non-hydrogen) atoms. The third kappa shape index (κ3) is 4.82. The summed E-state index contributed by atoms with van der Waals surface area (Å²) in [6.07, 6.45) is 3.60. The van der Waals surface area contributed by atoms with E-state index in [1.165, 1.54) is 6.42 Å². The largest absolute Gasteiger partial charge is 0.376 e. The molecule has 1 aliphatic rings. The van der Waals surface area contributed by atoms with E-state index in [-0.39, 0.29) is 24.4 Å². The van der Waals surface area contributed by atoms with Crippen LogP contribution in [0.1, 0.15) is 33.1 Å². The lowest BCUT2D eigenvalue weighted by molar-refractivity contribution is -0.140. The maximum atomic E-state index is 12.1. The predicted octanol–water partition coefficient (Wildman–Crippen LogP) is 1.42. The molecule has 1 saturated heterocycles. The van der Waals surface area contributed by atoms with Crippen molar-refractivity contribution < 1.29 is 9.53 Å². The van der Waals surface area contributed by atoms with Gasteiger partial charge in [-0.3, -0.25) is 4.79 Å². The van der Waals surface area contributed by atoms with Crippen molar-refractivity contribution >= 4 is 18.3 Å². The van der Waals surface area contributed by atoms with Gasteiger partial charge in [0.1, 0.15) is 0 Å². The van der Waals surface area contributed by atoms with E-state index >= 15 is 0 Å². The molecule has 5 heteroatoms. The van der Waals surface area contributed by atoms with Crippen molar-refractivity contribution in [1.29, 1.82) is 0 Å². The third-order valence-electron chi connectivity index (χ3n) is 3.19. The highest BCUT2D eigenvalue weighted by Gasteiger charge is 2.30. The summed E-state index contributed by atoms with van der Waals surface area (Å²) in [7, 11) is 1.83. The van der Waals surface area contributed by atoms with E-state index in [2.05, 4.69) is 0 Å². The number of halogens is 1. The predicted molar refractivity (Wildman–Crippen MR) is 71.3 cm³/mol. The third-order valence-corrected chi connectivity index (χ3v) is 3.19. The summed E-state index contributed by atoms with van der Waals surface area (Å²) < 4.78 is 5.62. The van der Waals surface area contributed by atoms with Crippen LogP contribution in [0.5, 0.6) is 0 Å². The van der Waals surface area contributed by atoms with Gasteiger partial charge in [0, 0.05) is 26.7 Å². The van der Waals surface area contributed by atoms with E-state index in [1.54, 1.807) is 4.90 Å². The second kappa shape index (κ2) is 7.19. The fourth-order valence-corrected chi connectivity index (χ4v) is 1.94. The van der Waals surface area contributed by atoms with Crippen molar-refractivity contribution in [2.75, 3.05) is 26.7 Å². The number of hydrogen-bond acceptors (Lipinski definition) is 3. The van der Waals surface area contributed by atoms with Crippen molar-refractivity contribution in [3.8, 4) is 0 Å². The Morgan fingerprint density at radius 2 is 2.12 bits per heavy atom. The Labute approximate surface area is 110 Å². The Bertz CT molecular complexity index is 241. The number of amides is 1. The van der Waals surface area contributed by atoms with Crippen LogP contribution in [0, 0.1) is 5.41 Å². The number of carbonyl (C=O) groups excluding carboxylic acids is 1. The molecule has 1 rings (SSSR count). The van der Waals surface area contributed by atoms with Crippen molar-refractivity contribution in [1.82, 2.24) is 4.90 Å². The molecule has 1 fully saturated rings. The lowest BCUT2D eigenvalue weighted by Crippen LogP contribution is -2.46. The maximum absolute atomic E-state index is 12.1. The van der Waals surface area contributed by atoms with Crippen LogP contribution in [-0.2, 0) is 9.53 Å². The van der Waals surface area contributed by atoms with Crippen molar-refractivity contribution in [2.24, 2.45) is 11.1 Å². The van der Waals surface area contributed by atoms with E-state index in [9.17, 15) is 4.79 Å². The molecule has 0 spiro atoms. The van der Waals surface area contributed by atoms with E-state index in [1.807, 2.05) is 20.9 Å². The molecule has 1 atom stereocenters. The van der Waals surface area contributed by atoms with Gasteiger partial charge in [0.15, 0.2) is 0 Å². The average Bonchev–Trinajstić information content (AvgIpc) is 2.29. The first-order valence-corrected chi connectivity index (χ1v) is 6.04. The minimum Gasteiger partial charge on any atom is -0.376 e. The molecule has 0 aliphatic carbocycles. The van der Waals surface area contributed by atoms with Crippen LogP contribution < -0.4 is 5.73 Å². The number of likely N-dealkylation sites (N-methyl/N-ethyl adjacent to an activating group) is 1. The van der Waals surface area contributed by atoms with Crippen LogP contribution in [0.4, 0.5) is 0 Å². The van der Waals surface area contributed by atoms with E-state index in [0.29, 0.717) is 13.1 Å². The second-order valence-corrected chi connectivity index (χ2v) is 5.26. The van der Waals surface area contributed by atoms with Gasteiger partial charge in [-0.2, -0.15) is 0 Å². The minimum absolute atomic E-state index is 0. The summed E-state index contributed by atoms with van der Waals surface area (Å²) in [5.41, 5.74) is 5.13. The van der Waals surface area contributed by atoms with E-state index in [0.717, 1.165) is 19.4 Å². The molecule has 1 amide bonds. The highest BCUT2D eigenvalue weighted by atomic mass is 35.5. The molecule has 4 nitrogen and oxygen atoms in total. The zero-order chi connectivity index (χ0) is 12.2. The van der Waals surface area contributed by atoms with Crippen LogP contribution in [0.15, 0.2) is 0 Å². The standard InChI is InChI=1S/C12H24N2O2.ClH/c1-12(2,9-13)11(15)14(3)8-10-6-4-5-7-16-10;/h10H,4-9,13H2,1-3H3;1H. The summed E-state index contributed by atoms with van der Waals surface area (Å²) in [6.45, 7) is 5.65. The molecule has 0 aromatic carbocycles. The van der Waals surface area contributed by atoms with Gasteiger partial charge in [-0.1, -0.05) is 0 Å². The molecule has 0 aromatic heterocycles. The van der Waals surface area contributed by atoms with Gasteiger partial charge in [0.2, 0.25) is 5.91 Å². The molecule has 0 saturated carbocycles. The quantitative estimate of drug-likeness (QED) is 0.836. The molecule has 1 unspecified atom stereocenters. The fourth-order valence-electron chi connectivity index (χ4n) is 1.94. The number of nitrogens with two attached hydrogens (primary N) is 1. The zero-order valence-corrected chi connectivity index (χ0v) is 11.9. The lowest BCUT2D eigenvalue weighted by Gasteiger charge is -2.32. The maximum Gasteiger partial charge on any atom is 0.229 e. The first-order chi connectivity index (χ1) is 7.47. The van der Waals surface area contributed by atoms with Gasteiger partial charge < -0.3 is 15.4 Å². The molecule has 0 radical (unpaired) electrons. The number of ether oxygens (including phenoxy) is 1. The van der Waals surface area contributed by atoms with E-state index < -0.39 is 5.41 Å². The summed E-state index contributed by atoms with van der Waals surface area (Å²) in [5, 5.41) is 0. The Morgan fingerprint density at radius 1 is 1.47 bits per heavy atom. The smallest absolute Gasteiger partial charge is 0.229 e. The SMILES string of the molecule is CN(CC1CCCCO1)C(=O)C(C)(C)CN.Cl. The number of carbonyl (C=O) groups is 1. The molecule has 102 valence electrons. The minimum atomic E-state index is -0.469. The highest BCUT2D eigenvalue weighted by molar-refractivity contribution is 5.85. The first kappa shape index (κ1) is 16.7. The number of rotatable bonds is 4. The van der Waals surface area contributed by atoms with Crippen LogP contribution in [0.25, 0.3) is 0 Å². The Balaban J connectivity index is 0.00000256. The molecular formula is C12H25ClN2O2. The number of nitrogens with zero attached hydrogens (tertiary/aromatic N) is 1. The van der Waals surface area contributed by atoms with Crippen LogP contribution in [0.3, 0.4) is 0 Å². The Hall–Kier alpha value is -0.320. The lowest BCUT2D eigenvalue weighted by atomic mass is 9.92. The number of hydrogen-bond donors (Lipinski definition) is 1. The monoisotopic (exact) mass is 264 g/mol. The summed E-state index contributed by atoms with van der Waals surface area (Å²) in [4.78, 5) is 13.8. The van der Waals surface area contributed by atoms with Gasteiger partial charge >= 0.3 is 0 Å². The van der Waals surface area contributed by atoms with Gasteiger partial charge in [-0.25, -0.2) is 0 Å². The molecule has 1 heterocycles. The molecule has 2 N–H and O–H groups in total. The van der Waals surface area contributed by atoms with Gasteiger partial charge in [-0.05, 0) is 33.1 Å². The van der Waals surface area contributed by atoms with Crippen molar-refractivity contribution in [3.63, 3.8) is 0 Å². The topological polar surface area (TPSA) is 55.6 Å². The Morgan fingerprint density at radius 3 is 2.59 bits per heavy atom. The highest BCUT2D eigenvalue weighted by Crippen LogP contribution is 2.18. The van der Waals surface area contributed by atoms with Crippen LogP contribution in [-0.4, -0.2) is 43.7 Å². The summed E-state index contributed by atoms with van der Waals surface area (Å²) in [6, 6.07) is 0. The van der Waals surface area contributed by atoms with Gasteiger partial charge in [-0.15, -0.1) is 12.4 Å². The molecule has 0 aromatic rings. The summed E-state index contributed by atoms with van der Waals surface area (Å²) in [5.74, 6) is 0.101. The first-order valence-electron chi connectivity index (χ1n) is 6.04. The Kier molecular flexibility index (Phi) is 7.05. The fraction of sp³-hybridized carbons (Fsp3) is 0.917. The molecular weight excluding hydrogens is 240 g/mol. The second-order valence-electron chi connectivity index (χ2n) is 5.26. The van der Waals surface area contributed by atoms with Gasteiger partial charge in [0.05, 0.1) is 11.5 Å². The normalized spacial score (nSPS) is 20.6. The average molecular weight is 265 g/mol. The summed E-state index contributed by atoms with van der Waals surface area (Å²) >= 11 is 0. The van der Waals surface area contributed by atoms with Crippen LogP contribution in [0.2, 0.25) is 0 Å². The van der Waals surface area contributed by atoms with Gasteiger partial charge in [0.25, 0.3) is 0 Å². The van der Waals surface area contributed by atoms with Crippen molar-refractivity contribution in [2.45, 2.75) is 39.2 Å².